The highest BCUT2D eigenvalue weighted by Crippen LogP contribution is 2.21. The van der Waals surface area contributed by atoms with Gasteiger partial charge in [-0.25, -0.2) is 0 Å². The molecule has 0 aliphatic heterocycles. The van der Waals surface area contributed by atoms with E-state index in [0.717, 1.165) is 16.0 Å². The number of hydrogen-bond donors (Lipinski definition) is 1. The Morgan fingerprint density at radius 2 is 1.45 bits per heavy atom. The number of carbonyl (C=O) groups is 2. The first-order valence-electron chi connectivity index (χ1n) is 11.3. The summed E-state index contributed by atoms with van der Waals surface area (Å²) in [6.45, 7) is 4.50. The molecule has 0 bridgehead atoms. The monoisotopic (exact) mass is 460 g/mol. The van der Waals surface area contributed by atoms with Crippen LogP contribution in [0.15, 0.2) is 83.8 Å². The summed E-state index contributed by atoms with van der Waals surface area (Å²) in [6.07, 6.45) is 0.843. The van der Waals surface area contributed by atoms with Crippen LogP contribution in [0.1, 0.15) is 28.7 Å². The molecule has 1 atom stereocenters. The summed E-state index contributed by atoms with van der Waals surface area (Å²) in [4.78, 5) is 29.3. The Bertz CT molecular complexity index is 1030. The second-order valence-corrected chi connectivity index (χ2v) is 9.41. The van der Waals surface area contributed by atoms with Gasteiger partial charge in [0.2, 0.25) is 11.8 Å². The molecule has 3 rings (SSSR count). The van der Waals surface area contributed by atoms with Crippen molar-refractivity contribution in [3.8, 4) is 0 Å². The van der Waals surface area contributed by atoms with Crippen LogP contribution >= 0.6 is 11.8 Å². The van der Waals surface area contributed by atoms with Gasteiger partial charge in [-0.1, -0.05) is 77.9 Å². The number of benzene rings is 3. The summed E-state index contributed by atoms with van der Waals surface area (Å²) < 4.78 is 0. The van der Waals surface area contributed by atoms with Crippen molar-refractivity contribution in [2.24, 2.45) is 0 Å². The zero-order valence-corrected chi connectivity index (χ0v) is 20.4. The number of likely N-dealkylation sites (N-methyl/N-ethyl adjacent to an activating group) is 1. The van der Waals surface area contributed by atoms with Crippen molar-refractivity contribution in [1.29, 1.82) is 0 Å². The lowest BCUT2D eigenvalue weighted by atomic mass is 10.0. The summed E-state index contributed by atoms with van der Waals surface area (Å²) in [5, 5.41) is 2.76. The molecule has 3 aromatic carbocycles. The zero-order chi connectivity index (χ0) is 23.6. The van der Waals surface area contributed by atoms with Crippen molar-refractivity contribution in [3.05, 3.63) is 101 Å². The average molecular weight is 461 g/mol. The molecule has 0 fully saturated rings. The number of amides is 2. The molecule has 0 spiro atoms. The molecule has 0 aliphatic rings. The van der Waals surface area contributed by atoms with Gasteiger partial charge in [0.1, 0.15) is 6.04 Å². The highest BCUT2D eigenvalue weighted by Gasteiger charge is 2.29. The molecule has 0 aliphatic carbocycles. The van der Waals surface area contributed by atoms with Gasteiger partial charge < -0.3 is 10.2 Å². The third-order valence-electron chi connectivity index (χ3n) is 5.60. The summed E-state index contributed by atoms with van der Waals surface area (Å²) in [5.41, 5.74) is 4.43. The maximum absolute atomic E-state index is 13.4. The fourth-order valence-corrected chi connectivity index (χ4v) is 4.49. The van der Waals surface area contributed by atoms with Gasteiger partial charge in [0.15, 0.2) is 0 Å². The Labute approximate surface area is 201 Å². The number of thioether (sulfide) groups is 1. The molecule has 0 saturated heterocycles. The fraction of sp³-hybridized carbons (Fsp3) is 0.286. The van der Waals surface area contributed by atoms with Crippen LogP contribution in [0.3, 0.4) is 0 Å². The van der Waals surface area contributed by atoms with Gasteiger partial charge >= 0.3 is 0 Å². The maximum atomic E-state index is 13.4. The molecule has 0 aromatic heterocycles. The largest absolute Gasteiger partial charge is 0.357 e. The minimum Gasteiger partial charge on any atom is -0.357 e. The van der Waals surface area contributed by atoms with Crippen molar-refractivity contribution in [3.63, 3.8) is 0 Å². The lowest BCUT2D eigenvalue weighted by Gasteiger charge is -2.31. The van der Waals surface area contributed by atoms with Crippen LogP contribution in [0.4, 0.5) is 0 Å². The lowest BCUT2D eigenvalue weighted by Crippen LogP contribution is -2.49. The topological polar surface area (TPSA) is 49.4 Å². The number of nitrogens with zero attached hydrogens (tertiary/aromatic N) is 1. The van der Waals surface area contributed by atoms with Gasteiger partial charge in [-0.2, -0.15) is 0 Å². The van der Waals surface area contributed by atoms with E-state index in [1.165, 1.54) is 11.1 Å². The van der Waals surface area contributed by atoms with E-state index in [2.05, 4.69) is 36.5 Å². The van der Waals surface area contributed by atoms with E-state index < -0.39 is 6.04 Å². The van der Waals surface area contributed by atoms with Crippen molar-refractivity contribution >= 4 is 23.6 Å². The van der Waals surface area contributed by atoms with Gasteiger partial charge in [-0.3, -0.25) is 9.59 Å². The summed E-state index contributed by atoms with van der Waals surface area (Å²) in [5.74, 6) is 0.503. The maximum Gasteiger partial charge on any atom is 0.242 e. The Morgan fingerprint density at radius 3 is 2.06 bits per heavy atom. The summed E-state index contributed by atoms with van der Waals surface area (Å²) >= 11 is 1.66. The van der Waals surface area contributed by atoms with Gasteiger partial charge in [-0.15, -0.1) is 11.8 Å². The predicted molar refractivity (Wildman–Crippen MR) is 136 cm³/mol. The van der Waals surface area contributed by atoms with Crippen molar-refractivity contribution in [2.45, 2.75) is 44.2 Å². The lowest BCUT2D eigenvalue weighted by molar-refractivity contribution is -0.140. The van der Waals surface area contributed by atoms with E-state index in [9.17, 15) is 9.59 Å². The van der Waals surface area contributed by atoms with Crippen LogP contribution in [-0.4, -0.2) is 35.6 Å². The molecular formula is C28H32N2O2S. The number of carbonyl (C=O) groups excluding carboxylic acids is 2. The van der Waals surface area contributed by atoms with Crippen molar-refractivity contribution < 1.29 is 9.59 Å². The molecule has 2 amide bonds. The predicted octanol–water partition coefficient (Wildman–Crippen LogP) is 5.17. The molecular weight excluding hydrogens is 428 g/mol. The van der Waals surface area contributed by atoms with Crippen LogP contribution < -0.4 is 5.32 Å². The van der Waals surface area contributed by atoms with Crippen LogP contribution in [0, 0.1) is 13.8 Å². The molecule has 33 heavy (non-hydrogen) atoms. The van der Waals surface area contributed by atoms with E-state index in [-0.39, 0.29) is 11.8 Å². The number of hydrogen-bond acceptors (Lipinski definition) is 3. The highest BCUT2D eigenvalue weighted by molar-refractivity contribution is 7.99. The fourth-order valence-electron chi connectivity index (χ4n) is 3.65. The summed E-state index contributed by atoms with van der Waals surface area (Å²) in [7, 11) is 1.63. The first-order valence-corrected chi connectivity index (χ1v) is 12.2. The van der Waals surface area contributed by atoms with Crippen LogP contribution in [0.2, 0.25) is 0 Å². The van der Waals surface area contributed by atoms with Gasteiger partial charge in [-0.05, 0) is 37.1 Å². The molecule has 0 heterocycles. The van der Waals surface area contributed by atoms with Gasteiger partial charge in [0.05, 0.1) is 0 Å². The minimum atomic E-state index is -0.574. The first kappa shape index (κ1) is 24.6. The summed E-state index contributed by atoms with van der Waals surface area (Å²) in [6, 6.07) is 25.7. The number of aryl methyl sites for hydroxylation is 2. The highest BCUT2D eigenvalue weighted by atomic mass is 32.2. The van der Waals surface area contributed by atoms with E-state index >= 15 is 0 Å². The second kappa shape index (κ2) is 12.3. The SMILES string of the molecule is CNC(=O)[C@@H](Cc1ccccc1)N(Cc1ccc(C)cc1)C(=O)CCSc1ccc(C)cc1. The third kappa shape index (κ3) is 7.50. The molecule has 0 saturated carbocycles. The molecule has 172 valence electrons. The molecule has 4 nitrogen and oxygen atoms in total. The Balaban J connectivity index is 1.79. The molecule has 0 radical (unpaired) electrons. The van der Waals surface area contributed by atoms with Crippen LogP contribution in [0.5, 0.6) is 0 Å². The molecule has 1 N–H and O–H groups in total. The molecule has 3 aromatic rings. The van der Waals surface area contributed by atoms with Crippen molar-refractivity contribution in [2.75, 3.05) is 12.8 Å². The number of nitrogens with one attached hydrogen (secondary N) is 1. The van der Waals surface area contributed by atoms with E-state index in [1.54, 1.807) is 23.7 Å². The van der Waals surface area contributed by atoms with Gasteiger partial charge in [0, 0.05) is 37.1 Å². The Hall–Kier alpha value is -3.05. The zero-order valence-electron chi connectivity index (χ0n) is 19.6. The van der Waals surface area contributed by atoms with Gasteiger partial charge in [0.25, 0.3) is 0 Å². The van der Waals surface area contributed by atoms with Crippen molar-refractivity contribution in [1.82, 2.24) is 10.2 Å². The average Bonchev–Trinajstić information content (AvgIpc) is 2.83. The Kier molecular flexibility index (Phi) is 9.14. The van der Waals surface area contributed by atoms with E-state index in [1.807, 2.05) is 61.5 Å². The van der Waals surface area contributed by atoms with E-state index in [4.69, 9.17) is 0 Å². The second-order valence-electron chi connectivity index (χ2n) is 8.24. The van der Waals surface area contributed by atoms with Crippen LogP contribution in [-0.2, 0) is 22.6 Å². The third-order valence-corrected chi connectivity index (χ3v) is 6.61. The normalized spacial score (nSPS) is 11.6. The smallest absolute Gasteiger partial charge is 0.242 e. The quantitative estimate of drug-likeness (QED) is 0.425. The molecule has 0 unspecified atom stereocenters. The Morgan fingerprint density at radius 1 is 0.848 bits per heavy atom. The standard InChI is InChI=1S/C28H32N2O2S/c1-21-9-13-24(14-10-21)20-30(26(28(32)29-3)19-23-7-5-4-6-8-23)27(31)17-18-33-25-15-11-22(2)12-16-25/h4-16,26H,17-20H2,1-3H3,(H,29,32)/t26-/m1/s1. The minimum absolute atomic E-state index is 0.0142. The first-order chi connectivity index (χ1) is 16.0. The number of rotatable bonds is 10. The molecule has 5 heteroatoms. The van der Waals surface area contributed by atoms with E-state index in [0.29, 0.717) is 25.1 Å². The van der Waals surface area contributed by atoms with Crippen LogP contribution in [0.25, 0.3) is 0 Å².